The summed E-state index contributed by atoms with van der Waals surface area (Å²) < 4.78 is 13.0. The van der Waals surface area contributed by atoms with Crippen molar-refractivity contribution in [3.8, 4) is 0 Å². The largest absolute Gasteiger partial charge is 0.481 e. The first-order valence-corrected chi connectivity index (χ1v) is 13.1. The zero-order valence-electron chi connectivity index (χ0n) is 20.9. The van der Waals surface area contributed by atoms with E-state index in [2.05, 4.69) is 16.7 Å². The molecule has 2 fully saturated rings. The lowest BCUT2D eigenvalue weighted by Gasteiger charge is -2.30. The number of methoxy groups -OCH3 is 2. The van der Waals surface area contributed by atoms with Crippen molar-refractivity contribution in [3.05, 3.63) is 29.1 Å². The van der Waals surface area contributed by atoms with Crippen LogP contribution in [0.15, 0.2) is 12.1 Å². The third kappa shape index (κ3) is 4.77. The Morgan fingerprint density at radius 1 is 1.11 bits per heavy atom. The van der Waals surface area contributed by atoms with Gasteiger partial charge in [0.25, 0.3) is 0 Å². The lowest BCUT2D eigenvalue weighted by molar-refractivity contribution is -0.143. The molecule has 0 bridgehead atoms. The molecule has 8 heteroatoms. The molecule has 1 amide bonds. The average Bonchev–Trinajstić information content (AvgIpc) is 3.27. The molecule has 0 radical (unpaired) electrons. The van der Waals surface area contributed by atoms with Crippen molar-refractivity contribution in [2.24, 2.45) is 11.8 Å². The molecule has 0 saturated heterocycles. The smallest absolute Gasteiger partial charge is 0.409 e. The molecule has 1 aliphatic heterocycles. The van der Waals surface area contributed by atoms with Crippen LogP contribution in [0.4, 0.5) is 4.79 Å². The summed E-state index contributed by atoms with van der Waals surface area (Å²) in [6.07, 6.45) is 8.53. The molecular weight excluding hydrogens is 446 g/mol. The Labute approximate surface area is 206 Å². The van der Waals surface area contributed by atoms with E-state index in [9.17, 15) is 14.7 Å². The second kappa shape index (κ2) is 10.2. The van der Waals surface area contributed by atoms with Crippen molar-refractivity contribution < 1.29 is 24.2 Å². The molecule has 35 heavy (non-hydrogen) atoms. The molecule has 2 aromatic rings. The van der Waals surface area contributed by atoms with Gasteiger partial charge >= 0.3 is 12.1 Å². The van der Waals surface area contributed by atoms with E-state index in [1.807, 2.05) is 0 Å². The molecule has 2 heterocycles. The minimum Gasteiger partial charge on any atom is -0.481 e. The van der Waals surface area contributed by atoms with Crippen LogP contribution in [0, 0.1) is 11.8 Å². The number of amides is 1. The predicted octanol–water partition coefficient (Wildman–Crippen LogP) is 4.72. The molecular formula is C27H37N3O5. The fourth-order valence-electron chi connectivity index (χ4n) is 6.49. The Hall–Kier alpha value is -2.61. The Kier molecular flexibility index (Phi) is 7.00. The first kappa shape index (κ1) is 24.1. The van der Waals surface area contributed by atoms with Crippen LogP contribution in [0.5, 0.6) is 0 Å². The topological polar surface area (TPSA) is 93.9 Å². The standard InChI is InChI=1S/C27H37N3O5/c1-34-21-9-6-17(7-10-21)15-30-23-11-8-18-12-13-29(27(33)35-2)16-22(18)24(23)28-25(30)19-4-3-5-20(14-19)26(31)32/h8,11,17,19-21H,3-7,9-10,12-16H2,1-2H3,(H,31,32)/t17?,19-,20-,21?/m0/s1. The van der Waals surface area contributed by atoms with Gasteiger partial charge in [-0.2, -0.15) is 0 Å². The third-order valence-electron chi connectivity index (χ3n) is 8.54. The number of carboxylic acids is 1. The van der Waals surface area contributed by atoms with E-state index < -0.39 is 5.97 Å². The molecule has 0 unspecified atom stereocenters. The number of carboxylic acid groups (broad SMARTS) is 1. The van der Waals surface area contributed by atoms with Crippen LogP contribution >= 0.6 is 0 Å². The summed E-state index contributed by atoms with van der Waals surface area (Å²) in [6.45, 7) is 2.04. The number of hydrogen-bond donors (Lipinski definition) is 1. The predicted molar refractivity (Wildman–Crippen MR) is 131 cm³/mol. The summed E-state index contributed by atoms with van der Waals surface area (Å²) in [6, 6.07) is 4.38. The molecule has 1 aromatic heterocycles. The van der Waals surface area contributed by atoms with Gasteiger partial charge in [-0.1, -0.05) is 12.5 Å². The Balaban J connectivity index is 1.53. The molecule has 1 aromatic carbocycles. The van der Waals surface area contributed by atoms with Crippen LogP contribution in [0.25, 0.3) is 11.0 Å². The number of rotatable bonds is 5. The quantitative estimate of drug-likeness (QED) is 0.661. The van der Waals surface area contributed by atoms with E-state index in [0.717, 1.165) is 80.3 Å². The van der Waals surface area contributed by atoms with E-state index in [1.54, 1.807) is 12.0 Å². The van der Waals surface area contributed by atoms with Crippen molar-refractivity contribution in [3.63, 3.8) is 0 Å². The van der Waals surface area contributed by atoms with Crippen molar-refractivity contribution in [1.29, 1.82) is 0 Å². The number of nitrogens with zero attached hydrogens (tertiary/aromatic N) is 3. The highest BCUT2D eigenvalue weighted by Gasteiger charge is 2.33. The number of carbonyl (C=O) groups is 2. The van der Waals surface area contributed by atoms with Gasteiger partial charge in [0.1, 0.15) is 5.82 Å². The molecule has 190 valence electrons. The number of aliphatic carboxylic acids is 1. The Morgan fingerprint density at radius 2 is 1.91 bits per heavy atom. The molecule has 1 N–H and O–H groups in total. The van der Waals surface area contributed by atoms with Gasteiger partial charge in [0.2, 0.25) is 0 Å². The van der Waals surface area contributed by atoms with Gasteiger partial charge in [0.05, 0.1) is 36.7 Å². The van der Waals surface area contributed by atoms with Crippen molar-refractivity contribution in [2.75, 3.05) is 20.8 Å². The Bertz CT molecular complexity index is 1090. The monoisotopic (exact) mass is 483 g/mol. The fraction of sp³-hybridized carbons (Fsp3) is 0.667. The van der Waals surface area contributed by atoms with Crippen LogP contribution in [-0.2, 0) is 33.8 Å². The van der Waals surface area contributed by atoms with Crippen LogP contribution in [0.2, 0.25) is 0 Å². The van der Waals surface area contributed by atoms with Crippen LogP contribution < -0.4 is 0 Å². The SMILES string of the molecule is COC(=O)N1CCc2ccc3c(nc([C@H]4CCC[C@H](C(=O)O)C4)n3CC3CCC(OC)CC3)c2C1. The zero-order chi connectivity index (χ0) is 24.5. The first-order chi connectivity index (χ1) is 17.0. The van der Waals surface area contributed by atoms with Gasteiger partial charge in [-0.05, 0) is 68.9 Å². The maximum atomic E-state index is 12.3. The van der Waals surface area contributed by atoms with Crippen molar-refractivity contribution in [2.45, 2.75) is 82.9 Å². The van der Waals surface area contributed by atoms with Gasteiger partial charge in [-0.3, -0.25) is 4.79 Å². The van der Waals surface area contributed by atoms with Gasteiger partial charge in [-0.25, -0.2) is 9.78 Å². The van der Waals surface area contributed by atoms with E-state index in [-0.39, 0.29) is 17.9 Å². The Morgan fingerprint density at radius 3 is 2.63 bits per heavy atom. The summed E-state index contributed by atoms with van der Waals surface area (Å²) in [5, 5.41) is 9.70. The molecule has 2 saturated carbocycles. The highest BCUT2D eigenvalue weighted by atomic mass is 16.5. The van der Waals surface area contributed by atoms with Gasteiger partial charge in [-0.15, -0.1) is 0 Å². The van der Waals surface area contributed by atoms with Crippen molar-refractivity contribution >= 4 is 23.1 Å². The maximum Gasteiger partial charge on any atom is 0.409 e. The van der Waals surface area contributed by atoms with Crippen LogP contribution in [-0.4, -0.2) is 58.5 Å². The number of fused-ring (bicyclic) bond motifs is 3. The summed E-state index contributed by atoms with van der Waals surface area (Å²) >= 11 is 0. The third-order valence-corrected chi connectivity index (χ3v) is 8.54. The van der Waals surface area contributed by atoms with Crippen molar-refractivity contribution in [1.82, 2.24) is 14.5 Å². The number of aromatic nitrogens is 2. The number of carbonyl (C=O) groups excluding carboxylic acids is 1. The number of ether oxygens (including phenoxy) is 2. The lowest BCUT2D eigenvalue weighted by atomic mass is 9.81. The van der Waals surface area contributed by atoms with E-state index in [0.29, 0.717) is 31.5 Å². The average molecular weight is 484 g/mol. The highest BCUT2D eigenvalue weighted by molar-refractivity contribution is 5.82. The van der Waals surface area contributed by atoms with Gasteiger partial charge in [0, 0.05) is 31.7 Å². The number of imidazole rings is 1. The van der Waals surface area contributed by atoms with Crippen LogP contribution in [0.1, 0.15) is 74.2 Å². The van der Waals surface area contributed by atoms with Gasteiger partial charge in [0.15, 0.2) is 0 Å². The lowest BCUT2D eigenvalue weighted by Crippen LogP contribution is -2.35. The maximum absolute atomic E-state index is 12.3. The van der Waals surface area contributed by atoms with Crippen LogP contribution in [0.3, 0.4) is 0 Å². The molecule has 8 nitrogen and oxygen atoms in total. The summed E-state index contributed by atoms with van der Waals surface area (Å²) in [5.74, 6) is 0.732. The molecule has 0 spiro atoms. The minimum absolute atomic E-state index is 0.142. The molecule has 2 atom stereocenters. The molecule has 5 rings (SSSR count). The first-order valence-electron chi connectivity index (χ1n) is 13.1. The molecule has 2 aliphatic carbocycles. The summed E-state index contributed by atoms with van der Waals surface area (Å²) in [4.78, 5) is 31.0. The summed E-state index contributed by atoms with van der Waals surface area (Å²) in [7, 11) is 3.22. The van der Waals surface area contributed by atoms with E-state index >= 15 is 0 Å². The van der Waals surface area contributed by atoms with Gasteiger partial charge < -0.3 is 24.0 Å². The van der Waals surface area contributed by atoms with E-state index in [1.165, 1.54) is 12.7 Å². The number of hydrogen-bond acceptors (Lipinski definition) is 5. The fourth-order valence-corrected chi connectivity index (χ4v) is 6.49. The highest BCUT2D eigenvalue weighted by Crippen LogP contribution is 2.40. The summed E-state index contributed by atoms with van der Waals surface area (Å²) in [5.41, 5.74) is 4.42. The number of benzene rings is 1. The normalized spacial score (nSPS) is 27.0. The van der Waals surface area contributed by atoms with E-state index in [4.69, 9.17) is 14.5 Å². The zero-order valence-corrected chi connectivity index (χ0v) is 20.9. The molecule has 3 aliphatic rings. The minimum atomic E-state index is -0.693. The second-order valence-corrected chi connectivity index (χ2v) is 10.6. The second-order valence-electron chi connectivity index (χ2n) is 10.6.